The molecule has 0 saturated carbocycles. The molecule has 15 heavy (non-hydrogen) atoms. The van der Waals surface area contributed by atoms with Crippen LogP contribution in [-0.2, 0) is 9.53 Å². The maximum absolute atomic E-state index is 11.1. The van der Waals surface area contributed by atoms with E-state index >= 15 is 0 Å². The van der Waals surface area contributed by atoms with Gasteiger partial charge in [0.15, 0.2) is 0 Å². The number of ether oxygens (including phenoxy) is 1. The van der Waals surface area contributed by atoms with Crippen molar-refractivity contribution >= 4 is 5.78 Å². The number of ketones is 1. The molecule has 3 nitrogen and oxygen atoms in total. The Labute approximate surface area is 89.4 Å². The standard InChI is InChI=1S/C12H16O3/c1-9(13)7-12(2)5-3-11(15-12)10-4-6-14-8-10/h4,6,8,11H,3,5,7H2,1-2H3/t11-,12-/m0/s1. The van der Waals surface area contributed by atoms with Crippen LogP contribution in [0.3, 0.4) is 0 Å². The Morgan fingerprint density at radius 1 is 1.67 bits per heavy atom. The van der Waals surface area contributed by atoms with Gasteiger partial charge in [-0.2, -0.15) is 0 Å². The van der Waals surface area contributed by atoms with E-state index in [9.17, 15) is 4.79 Å². The largest absolute Gasteiger partial charge is 0.472 e. The third-order valence-electron chi connectivity index (χ3n) is 2.90. The number of furan rings is 1. The first-order chi connectivity index (χ1) is 7.09. The molecule has 0 N–H and O–H groups in total. The third-order valence-corrected chi connectivity index (χ3v) is 2.90. The molecule has 1 aliphatic heterocycles. The number of hydrogen-bond donors (Lipinski definition) is 0. The highest BCUT2D eigenvalue weighted by molar-refractivity contribution is 5.76. The van der Waals surface area contributed by atoms with Crippen molar-refractivity contribution in [3.63, 3.8) is 0 Å². The van der Waals surface area contributed by atoms with Crippen molar-refractivity contribution in [2.45, 2.75) is 44.8 Å². The van der Waals surface area contributed by atoms with Gasteiger partial charge in [-0.1, -0.05) is 0 Å². The van der Waals surface area contributed by atoms with Gasteiger partial charge in [0.05, 0.1) is 24.2 Å². The van der Waals surface area contributed by atoms with Gasteiger partial charge in [-0.15, -0.1) is 0 Å². The van der Waals surface area contributed by atoms with E-state index in [-0.39, 0.29) is 17.5 Å². The molecule has 3 heteroatoms. The Morgan fingerprint density at radius 3 is 3.07 bits per heavy atom. The van der Waals surface area contributed by atoms with Crippen LogP contribution < -0.4 is 0 Å². The molecule has 0 aromatic carbocycles. The molecule has 0 unspecified atom stereocenters. The summed E-state index contributed by atoms with van der Waals surface area (Å²) in [6, 6.07) is 1.92. The van der Waals surface area contributed by atoms with Gasteiger partial charge in [-0.3, -0.25) is 4.79 Å². The predicted octanol–water partition coefficient (Wildman–Crippen LogP) is 2.87. The molecule has 1 saturated heterocycles. The first-order valence-corrected chi connectivity index (χ1v) is 5.28. The van der Waals surface area contributed by atoms with Gasteiger partial charge in [-0.05, 0) is 32.8 Å². The third kappa shape index (κ3) is 2.29. The molecule has 1 fully saturated rings. The van der Waals surface area contributed by atoms with Gasteiger partial charge in [0, 0.05) is 12.0 Å². The summed E-state index contributed by atoms with van der Waals surface area (Å²) in [4.78, 5) is 11.1. The lowest BCUT2D eigenvalue weighted by atomic mass is 9.96. The SMILES string of the molecule is CC(=O)C[C@]1(C)CC[C@@H](c2ccoc2)O1. The molecule has 2 rings (SSSR count). The van der Waals surface area contributed by atoms with Crippen LogP contribution in [0.25, 0.3) is 0 Å². The van der Waals surface area contributed by atoms with Crippen molar-refractivity contribution in [3.8, 4) is 0 Å². The van der Waals surface area contributed by atoms with Crippen molar-refractivity contribution in [1.29, 1.82) is 0 Å². The normalized spacial score (nSPS) is 30.7. The zero-order valence-electron chi connectivity index (χ0n) is 9.16. The lowest BCUT2D eigenvalue weighted by Gasteiger charge is -2.23. The molecular formula is C12H16O3. The molecule has 2 heterocycles. The lowest BCUT2D eigenvalue weighted by Crippen LogP contribution is -2.26. The Bertz CT molecular complexity index is 342. The van der Waals surface area contributed by atoms with Crippen LogP contribution in [0.2, 0.25) is 0 Å². The van der Waals surface area contributed by atoms with E-state index in [1.807, 2.05) is 13.0 Å². The predicted molar refractivity (Wildman–Crippen MR) is 55.5 cm³/mol. The zero-order chi connectivity index (χ0) is 10.9. The van der Waals surface area contributed by atoms with Gasteiger partial charge in [0.2, 0.25) is 0 Å². The van der Waals surface area contributed by atoms with Crippen LogP contribution in [-0.4, -0.2) is 11.4 Å². The van der Waals surface area contributed by atoms with Crippen molar-refractivity contribution < 1.29 is 13.9 Å². The van der Waals surface area contributed by atoms with Gasteiger partial charge in [-0.25, -0.2) is 0 Å². The fourth-order valence-electron chi connectivity index (χ4n) is 2.25. The molecule has 0 radical (unpaired) electrons. The second-order valence-corrected chi connectivity index (χ2v) is 4.53. The van der Waals surface area contributed by atoms with E-state index in [2.05, 4.69) is 0 Å². The molecule has 82 valence electrons. The minimum absolute atomic E-state index is 0.0908. The van der Waals surface area contributed by atoms with Crippen LogP contribution in [0.15, 0.2) is 23.0 Å². The minimum atomic E-state index is -0.284. The van der Waals surface area contributed by atoms with Crippen molar-refractivity contribution in [3.05, 3.63) is 24.2 Å². The maximum atomic E-state index is 11.1. The zero-order valence-corrected chi connectivity index (χ0v) is 9.16. The summed E-state index contributed by atoms with van der Waals surface area (Å²) >= 11 is 0. The van der Waals surface area contributed by atoms with Crippen molar-refractivity contribution in [1.82, 2.24) is 0 Å². The fourth-order valence-corrected chi connectivity index (χ4v) is 2.25. The Hall–Kier alpha value is -1.09. The first kappa shape index (κ1) is 10.4. The Balaban J connectivity index is 2.03. The molecule has 0 amide bonds. The summed E-state index contributed by atoms with van der Waals surface area (Å²) in [6.45, 7) is 3.62. The van der Waals surface area contributed by atoms with Crippen molar-refractivity contribution in [2.24, 2.45) is 0 Å². The van der Waals surface area contributed by atoms with E-state index in [1.54, 1.807) is 19.5 Å². The van der Waals surface area contributed by atoms with E-state index < -0.39 is 0 Å². The Kier molecular flexibility index (Phi) is 2.65. The quantitative estimate of drug-likeness (QED) is 0.766. The summed E-state index contributed by atoms with van der Waals surface area (Å²) in [7, 11) is 0. The first-order valence-electron chi connectivity index (χ1n) is 5.28. The fraction of sp³-hybridized carbons (Fsp3) is 0.583. The number of carbonyl (C=O) groups is 1. The maximum Gasteiger partial charge on any atom is 0.132 e. The van der Waals surface area contributed by atoms with Crippen LogP contribution in [0.1, 0.15) is 44.8 Å². The molecule has 1 aliphatic rings. The second-order valence-electron chi connectivity index (χ2n) is 4.53. The van der Waals surface area contributed by atoms with Crippen LogP contribution in [0.4, 0.5) is 0 Å². The van der Waals surface area contributed by atoms with Crippen LogP contribution in [0.5, 0.6) is 0 Å². The van der Waals surface area contributed by atoms with E-state index in [0.29, 0.717) is 6.42 Å². The molecule has 0 bridgehead atoms. The average Bonchev–Trinajstić information content (AvgIpc) is 2.71. The van der Waals surface area contributed by atoms with E-state index in [1.165, 1.54) is 0 Å². The molecule has 0 aliphatic carbocycles. The van der Waals surface area contributed by atoms with Gasteiger partial charge < -0.3 is 9.15 Å². The molecular weight excluding hydrogens is 192 g/mol. The van der Waals surface area contributed by atoms with E-state index in [4.69, 9.17) is 9.15 Å². The summed E-state index contributed by atoms with van der Waals surface area (Å²) in [5.41, 5.74) is 0.788. The molecule has 2 atom stereocenters. The highest BCUT2D eigenvalue weighted by Gasteiger charge is 2.37. The Morgan fingerprint density at radius 2 is 2.47 bits per heavy atom. The van der Waals surface area contributed by atoms with Crippen molar-refractivity contribution in [2.75, 3.05) is 0 Å². The highest BCUT2D eigenvalue weighted by Crippen LogP contribution is 2.41. The average molecular weight is 208 g/mol. The smallest absolute Gasteiger partial charge is 0.132 e. The molecule has 1 aromatic rings. The van der Waals surface area contributed by atoms with E-state index in [0.717, 1.165) is 18.4 Å². The van der Waals surface area contributed by atoms with Gasteiger partial charge >= 0.3 is 0 Å². The number of Topliss-reactive ketones (excluding diaryl/α,β-unsaturated/α-hetero) is 1. The molecule has 0 spiro atoms. The minimum Gasteiger partial charge on any atom is -0.472 e. The number of hydrogen-bond acceptors (Lipinski definition) is 3. The molecule has 1 aromatic heterocycles. The van der Waals surface area contributed by atoms with Gasteiger partial charge in [0.1, 0.15) is 5.78 Å². The topological polar surface area (TPSA) is 39.4 Å². The number of carbonyl (C=O) groups excluding carboxylic acids is 1. The summed E-state index contributed by atoms with van der Waals surface area (Å²) < 4.78 is 11.0. The van der Waals surface area contributed by atoms with Gasteiger partial charge in [0.25, 0.3) is 0 Å². The van der Waals surface area contributed by atoms with Crippen LogP contribution >= 0.6 is 0 Å². The number of rotatable bonds is 3. The van der Waals surface area contributed by atoms with Crippen LogP contribution in [0, 0.1) is 0 Å². The highest BCUT2D eigenvalue weighted by atomic mass is 16.5. The second kappa shape index (κ2) is 3.81. The summed E-state index contributed by atoms with van der Waals surface area (Å²) in [5, 5.41) is 0. The summed E-state index contributed by atoms with van der Waals surface area (Å²) in [5.74, 6) is 0.186. The lowest BCUT2D eigenvalue weighted by molar-refractivity contribution is -0.123. The summed E-state index contributed by atoms with van der Waals surface area (Å²) in [6.07, 6.45) is 5.85. The monoisotopic (exact) mass is 208 g/mol.